The Labute approximate surface area is 461 Å². The van der Waals surface area contributed by atoms with Crippen molar-refractivity contribution in [2.24, 2.45) is 0 Å². The van der Waals surface area contributed by atoms with Gasteiger partial charge in [-0.1, -0.05) is 276 Å². The number of carbonyl (C=O) groups is 2. The van der Waals surface area contributed by atoms with Crippen LogP contribution in [0, 0.1) is 0 Å². The fourth-order valence-electron chi connectivity index (χ4n) is 10.2. The minimum absolute atomic E-state index is 0.129. The Hall–Kier alpha value is -1.86. The lowest BCUT2D eigenvalue weighted by Gasteiger charge is -2.41. The molecule has 1 fully saturated rings. The van der Waals surface area contributed by atoms with E-state index in [0.29, 0.717) is 19.3 Å². The second-order valence-corrected chi connectivity index (χ2v) is 22.5. The third kappa shape index (κ3) is 40.9. The van der Waals surface area contributed by atoms with Gasteiger partial charge in [0, 0.05) is 6.42 Å². The zero-order valence-corrected chi connectivity index (χ0v) is 48.9. The fourth-order valence-corrected chi connectivity index (χ4v) is 10.2. The molecule has 0 saturated carbocycles. The molecule has 0 radical (unpaired) electrons. The fraction of sp³-hybridized carbons (Fsp3) is 0.906. The molecular formula is C64H121NO10. The Morgan fingerprint density at radius 1 is 0.507 bits per heavy atom. The van der Waals surface area contributed by atoms with Gasteiger partial charge < -0.3 is 45.1 Å². The summed E-state index contributed by atoms with van der Waals surface area (Å²) in [5.74, 6) is -1.18. The molecule has 0 aromatic heterocycles. The van der Waals surface area contributed by atoms with E-state index in [2.05, 4.69) is 38.2 Å². The molecule has 8 atom stereocenters. The van der Waals surface area contributed by atoms with Crippen LogP contribution in [0.25, 0.3) is 0 Å². The smallest absolute Gasteiger partial charge is 0.306 e. The normalized spacial score (nSPS) is 19.3. The average molecular weight is 1060 g/mol. The predicted octanol–water partition coefficient (Wildman–Crippen LogP) is 15.3. The molecule has 6 N–H and O–H groups in total. The van der Waals surface area contributed by atoms with E-state index in [9.17, 15) is 35.1 Å². The summed E-state index contributed by atoms with van der Waals surface area (Å²) in [5, 5.41) is 57.0. The van der Waals surface area contributed by atoms with Crippen molar-refractivity contribution in [1.29, 1.82) is 0 Å². The van der Waals surface area contributed by atoms with Gasteiger partial charge in [0.2, 0.25) is 5.91 Å². The van der Waals surface area contributed by atoms with Gasteiger partial charge in [-0.3, -0.25) is 9.59 Å². The lowest BCUT2D eigenvalue weighted by atomic mass is 9.99. The van der Waals surface area contributed by atoms with Crippen LogP contribution in [0.4, 0.5) is 0 Å². The molecule has 1 rings (SSSR count). The first-order chi connectivity index (χ1) is 36.7. The highest BCUT2D eigenvalue weighted by molar-refractivity contribution is 5.80. The summed E-state index contributed by atoms with van der Waals surface area (Å²) in [4.78, 5) is 26.6. The topological polar surface area (TPSA) is 175 Å². The first-order valence-corrected chi connectivity index (χ1v) is 32.1. The third-order valence-electron chi connectivity index (χ3n) is 15.4. The van der Waals surface area contributed by atoms with Gasteiger partial charge in [0.25, 0.3) is 0 Å². The van der Waals surface area contributed by atoms with E-state index >= 15 is 0 Å². The number of hydrogen-bond acceptors (Lipinski definition) is 10. The molecule has 1 aliphatic heterocycles. The first kappa shape index (κ1) is 71.2. The second-order valence-electron chi connectivity index (χ2n) is 22.5. The molecule has 8 unspecified atom stereocenters. The maximum absolute atomic E-state index is 13.4. The van der Waals surface area contributed by atoms with Gasteiger partial charge in [-0.25, -0.2) is 0 Å². The standard InChI is InChI=1S/C64H121NO10/c1-4-7-10-13-16-19-22-25-27-28-29-31-33-36-39-42-45-48-51-57(68)63(72)65-55(56(67)50-47-44-41-38-35-32-24-21-18-15-12-9-6-3)54-73-64-62(61(71)60(70)58(53-66)74-64)75-59(69)52-49-46-43-40-37-34-30-26-23-20-17-14-11-8-5-2/h25,27,47,50,55-58,60-62,64,66-68,70-71H,4-24,26,28-46,48-49,51-54H2,1-3H3,(H,65,72)/b27-25+,50-47+. The van der Waals surface area contributed by atoms with Crippen LogP contribution in [0.5, 0.6) is 0 Å². The molecule has 11 nitrogen and oxygen atoms in total. The minimum atomic E-state index is -1.61. The van der Waals surface area contributed by atoms with Gasteiger partial charge in [-0.2, -0.15) is 0 Å². The van der Waals surface area contributed by atoms with Crippen molar-refractivity contribution in [2.75, 3.05) is 13.2 Å². The van der Waals surface area contributed by atoms with Gasteiger partial charge in [0.05, 0.1) is 25.4 Å². The maximum atomic E-state index is 13.4. The highest BCUT2D eigenvalue weighted by Gasteiger charge is 2.47. The van der Waals surface area contributed by atoms with Crippen molar-refractivity contribution in [3.8, 4) is 0 Å². The second kappa shape index (κ2) is 52.8. The third-order valence-corrected chi connectivity index (χ3v) is 15.4. The van der Waals surface area contributed by atoms with Crippen molar-refractivity contribution in [2.45, 2.75) is 359 Å². The van der Waals surface area contributed by atoms with E-state index in [-0.39, 0.29) is 13.0 Å². The van der Waals surface area contributed by atoms with Crippen molar-refractivity contribution in [3.05, 3.63) is 24.3 Å². The molecule has 1 aliphatic rings. The highest BCUT2D eigenvalue weighted by atomic mass is 16.7. The lowest BCUT2D eigenvalue weighted by molar-refractivity contribution is -0.305. The summed E-state index contributed by atoms with van der Waals surface area (Å²) in [6, 6.07) is -1.02. The molecule has 0 bridgehead atoms. The number of ether oxygens (including phenoxy) is 3. The number of hydrogen-bond donors (Lipinski definition) is 6. The summed E-state index contributed by atoms with van der Waals surface area (Å²) in [6.45, 7) is 5.82. The summed E-state index contributed by atoms with van der Waals surface area (Å²) >= 11 is 0. The van der Waals surface area contributed by atoms with Gasteiger partial charge in [-0.05, 0) is 51.4 Å². The van der Waals surface area contributed by atoms with Gasteiger partial charge in [-0.15, -0.1) is 0 Å². The number of aliphatic hydroxyl groups is 5. The van der Waals surface area contributed by atoms with Gasteiger partial charge >= 0.3 is 5.97 Å². The van der Waals surface area contributed by atoms with Crippen LogP contribution in [0.15, 0.2) is 24.3 Å². The van der Waals surface area contributed by atoms with Crippen LogP contribution < -0.4 is 5.32 Å². The summed E-state index contributed by atoms with van der Waals surface area (Å²) in [7, 11) is 0. The summed E-state index contributed by atoms with van der Waals surface area (Å²) in [5.41, 5.74) is 0. The lowest BCUT2D eigenvalue weighted by Crippen LogP contribution is -2.61. The van der Waals surface area contributed by atoms with E-state index < -0.39 is 67.4 Å². The molecule has 11 heteroatoms. The molecule has 0 aromatic carbocycles. The Balaban J connectivity index is 2.67. The van der Waals surface area contributed by atoms with Crippen LogP contribution in [0.1, 0.15) is 310 Å². The number of amides is 1. The predicted molar refractivity (Wildman–Crippen MR) is 311 cm³/mol. The molecule has 1 amide bonds. The Morgan fingerprint density at radius 3 is 1.29 bits per heavy atom. The Morgan fingerprint density at radius 2 is 0.880 bits per heavy atom. The zero-order valence-electron chi connectivity index (χ0n) is 48.9. The van der Waals surface area contributed by atoms with Crippen molar-refractivity contribution in [3.63, 3.8) is 0 Å². The molecule has 1 saturated heterocycles. The number of rotatable bonds is 55. The van der Waals surface area contributed by atoms with Crippen LogP contribution >= 0.6 is 0 Å². The van der Waals surface area contributed by atoms with E-state index in [1.807, 2.05) is 6.08 Å². The first-order valence-electron chi connectivity index (χ1n) is 32.1. The van der Waals surface area contributed by atoms with Gasteiger partial charge in [0.1, 0.15) is 24.4 Å². The SMILES string of the molecule is CCCCCCCC/C=C/CCCCCCCCCCC(O)C(=O)NC(COC1OC(CO)C(O)C(O)C1OC(=O)CCCCCCCCCCCCCCCCC)C(O)/C=C/CCCCCCCCCCCCC. The van der Waals surface area contributed by atoms with E-state index in [4.69, 9.17) is 14.2 Å². The van der Waals surface area contributed by atoms with Crippen molar-refractivity contribution >= 4 is 11.9 Å². The maximum Gasteiger partial charge on any atom is 0.306 e. The quantitative estimate of drug-likeness (QED) is 0.0195. The largest absolute Gasteiger partial charge is 0.454 e. The number of allylic oxidation sites excluding steroid dienone is 3. The number of aliphatic hydroxyl groups excluding tert-OH is 5. The molecule has 442 valence electrons. The monoisotopic (exact) mass is 1060 g/mol. The van der Waals surface area contributed by atoms with Crippen LogP contribution in [0.2, 0.25) is 0 Å². The summed E-state index contributed by atoms with van der Waals surface area (Å²) < 4.78 is 17.6. The highest BCUT2D eigenvalue weighted by Crippen LogP contribution is 2.26. The molecule has 0 aromatic rings. The van der Waals surface area contributed by atoms with Gasteiger partial charge in [0.15, 0.2) is 12.4 Å². The van der Waals surface area contributed by atoms with Crippen LogP contribution in [-0.2, 0) is 23.8 Å². The molecule has 75 heavy (non-hydrogen) atoms. The van der Waals surface area contributed by atoms with E-state index in [0.717, 1.165) is 64.2 Å². The summed E-state index contributed by atoms with van der Waals surface area (Å²) in [6.07, 6.45) is 50.7. The molecular weight excluding hydrogens is 943 g/mol. The number of carbonyl (C=O) groups excluding carboxylic acids is 2. The van der Waals surface area contributed by atoms with Crippen LogP contribution in [-0.4, -0.2) is 99.6 Å². The van der Waals surface area contributed by atoms with Crippen molar-refractivity contribution < 1.29 is 49.3 Å². The average Bonchev–Trinajstić information content (AvgIpc) is 3.41. The van der Waals surface area contributed by atoms with Crippen molar-refractivity contribution in [1.82, 2.24) is 5.32 Å². The Kier molecular flexibility index (Phi) is 50.1. The number of esters is 1. The number of unbranched alkanes of at least 4 members (excludes halogenated alkanes) is 39. The zero-order chi connectivity index (χ0) is 54.7. The molecule has 1 heterocycles. The number of nitrogens with one attached hydrogen (secondary N) is 1. The van der Waals surface area contributed by atoms with Crippen LogP contribution in [0.3, 0.4) is 0 Å². The molecule has 0 aliphatic carbocycles. The minimum Gasteiger partial charge on any atom is -0.454 e. The Bertz CT molecular complexity index is 1310. The molecule has 0 spiro atoms. The van der Waals surface area contributed by atoms with E-state index in [1.165, 1.54) is 199 Å². The van der Waals surface area contributed by atoms with E-state index in [1.54, 1.807) is 6.08 Å².